The molecule has 1 atom stereocenters. The molecule has 0 aliphatic heterocycles. The number of aromatic nitrogens is 5. The Bertz CT molecular complexity index is 1550. The molecule has 196 valence electrons. The molecular formula is C28H29FN6O2S. The second-order valence-electron chi connectivity index (χ2n) is 9.19. The number of aromatic amines is 1. The van der Waals surface area contributed by atoms with Crippen molar-refractivity contribution in [3.8, 4) is 5.75 Å². The number of benzene rings is 2. The lowest BCUT2D eigenvalue weighted by Gasteiger charge is -2.30. The third-order valence-electron chi connectivity index (χ3n) is 6.55. The first-order valence-corrected chi connectivity index (χ1v) is 13.4. The summed E-state index contributed by atoms with van der Waals surface area (Å²) in [5.41, 5.74) is 2.19. The minimum atomic E-state index is -0.283. The molecule has 0 unspecified atom stereocenters. The fourth-order valence-corrected chi connectivity index (χ4v) is 5.38. The standard InChI is InChI=1S/C28H29FN6O2S/c1-3-5-26(27-31-32-33-35(27)16-19-7-9-22(29)10-8-19)34(18-24-6-4-13-38-24)17-21-14-20-15-23(37-2)11-12-25(20)30-28(21)36/h4,6-15,26H,3,5,16-18H2,1-2H3,(H,30,36)/t26-/m1/s1. The Morgan fingerprint density at radius 1 is 1.13 bits per heavy atom. The molecule has 38 heavy (non-hydrogen) atoms. The van der Waals surface area contributed by atoms with Gasteiger partial charge in [0.15, 0.2) is 5.82 Å². The maximum absolute atomic E-state index is 13.5. The molecule has 8 nitrogen and oxygen atoms in total. The molecule has 3 heterocycles. The smallest absolute Gasteiger partial charge is 0.252 e. The van der Waals surface area contributed by atoms with E-state index in [2.05, 4.69) is 43.8 Å². The van der Waals surface area contributed by atoms with E-state index in [1.54, 1.807) is 35.3 Å². The first kappa shape index (κ1) is 25.7. The summed E-state index contributed by atoms with van der Waals surface area (Å²) in [6.45, 7) is 3.60. The van der Waals surface area contributed by atoms with Crippen molar-refractivity contribution in [1.29, 1.82) is 0 Å². The Morgan fingerprint density at radius 3 is 2.71 bits per heavy atom. The summed E-state index contributed by atoms with van der Waals surface area (Å²) in [4.78, 5) is 19.6. The van der Waals surface area contributed by atoms with Crippen LogP contribution in [0.15, 0.2) is 70.8 Å². The average molecular weight is 533 g/mol. The zero-order valence-electron chi connectivity index (χ0n) is 21.3. The van der Waals surface area contributed by atoms with Gasteiger partial charge in [-0.05, 0) is 70.3 Å². The average Bonchev–Trinajstić information content (AvgIpc) is 3.61. The van der Waals surface area contributed by atoms with Crippen LogP contribution in [-0.4, -0.2) is 37.2 Å². The summed E-state index contributed by atoms with van der Waals surface area (Å²) >= 11 is 1.68. The van der Waals surface area contributed by atoms with Gasteiger partial charge in [0.05, 0.1) is 19.7 Å². The van der Waals surface area contributed by atoms with Gasteiger partial charge < -0.3 is 9.72 Å². The number of tetrazole rings is 1. The SMILES string of the molecule is CCC[C@H](c1nnnn1Cc1ccc(F)cc1)N(Cc1cccs1)Cc1cc2cc(OC)ccc2[nH]c1=O. The highest BCUT2D eigenvalue weighted by atomic mass is 32.1. The molecule has 0 bridgehead atoms. The number of pyridine rings is 1. The topological polar surface area (TPSA) is 88.9 Å². The third kappa shape index (κ3) is 5.81. The van der Waals surface area contributed by atoms with Gasteiger partial charge in [-0.25, -0.2) is 9.07 Å². The molecule has 5 aromatic rings. The lowest BCUT2D eigenvalue weighted by Crippen LogP contribution is -2.32. The van der Waals surface area contributed by atoms with Crippen molar-refractivity contribution < 1.29 is 9.13 Å². The Balaban J connectivity index is 1.52. The van der Waals surface area contributed by atoms with Gasteiger partial charge in [0.2, 0.25) is 0 Å². The van der Waals surface area contributed by atoms with Crippen LogP contribution in [0.3, 0.4) is 0 Å². The van der Waals surface area contributed by atoms with E-state index >= 15 is 0 Å². The first-order chi connectivity index (χ1) is 18.5. The zero-order chi connectivity index (χ0) is 26.5. The Kier molecular flexibility index (Phi) is 7.90. The number of halogens is 1. The number of thiophene rings is 1. The van der Waals surface area contributed by atoms with Gasteiger partial charge in [-0.2, -0.15) is 0 Å². The highest BCUT2D eigenvalue weighted by Gasteiger charge is 2.27. The number of methoxy groups -OCH3 is 1. The molecule has 10 heteroatoms. The Morgan fingerprint density at radius 2 is 1.97 bits per heavy atom. The number of nitrogens with one attached hydrogen (secondary N) is 1. The quantitative estimate of drug-likeness (QED) is 0.248. The third-order valence-corrected chi connectivity index (χ3v) is 7.41. The van der Waals surface area contributed by atoms with Crippen molar-refractivity contribution in [2.45, 2.75) is 45.4 Å². The predicted octanol–water partition coefficient (Wildman–Crippen LogP) is 5.32. The summed E-state index contributed by atoms with van der Waals surface area (Å²) in [5.74, 6) is 1.16. The van der Waals surface area contributed by atoms with Crippen molar-refractivity contribution in [1.82, 2.24) is 30.1 Å². The van der Waals surface area contributed by atoms with Gasteiger partial charge in [-0.15, -0.1) is 16.4 Å². The highest BCUT2D eigenvalue weighted by molar-refractivity contribution is 7.09. The van der Waals surface area contributed by atoms with Crippen LogP contribution in [0.1, 0.15) is 47.6 Å². The fraction of sp³-hybridized carbons (Fsp3) is 0.286. The number of hydrogen-bond donors (Lipinski definition) is 1. The summed E-state index contributed by atoms with van der Waals surface area (Å²) in [6, 6.07) is 17.9. The van der Waals surface area contributed by atoms with E-state index in [4.69, 9.17) is 4.74 Å². The van der Waals surface area contributed by atoms with Crippen molar-refractivity contribution in [3.63, 3.8) is 0 Å². The molecule has 0 saturated heterocycles. The minimum Gasteiger partial charge on any atom is -0.497 e. The van der Waals surface area contributed by atoms with Gasteiger partial charge in [-0.3, -0.25) is 9.69 Å². The van der Waals surface area contributed by atoms with Crippen LogP contribution < -0.4 is 10.3 Å². The molecule has 0 fully saturated rings. The predicted molar refractivity (Wildman–Crippen MR) is 146 cm³/mol. The highest BCUT2D eigenvalue weighted by Crippen LogP contribution is 2.29. The van der Waals surface area contributed by atoms with Gasteiger partial charge in [0, 0.05) is 34.4 Å². The fourth-order valence-electron chi connectivity index (χ4n) is 4.65. The molecule has 0 aliphatic carbocycles. The minimum absolute atomic E-state index is 0.125. The van der Waals surface area contributed by atoms with Gasteiger partial charge in [0.1, 0.15) is 11.6 Å². The molecule has 5 rings (SSSR count). The van der Waals surface area contributed by atoms with Crippen LogP contribution in [0, 0.1) is 5.82 Å². The number of ether oxygens (including phenoxy) is 1. The van der Waals surface area contributed by atoms with Crippen molar-refractivity contribution in [3.05, 3.63) is 104 Å². The van der Waals surface area contributed by atoms with Crippen molar-refractivity contribution in [2.75, 3.05) is 7.11 Å². The zero-order valence-corrected chi connectivity index (χ0v) is 22.1. The molecular weight excluding hydrogens is 503 g/mol. The molecule has 0 amide bonds. The second-order valence-corrected chi connectivity index (χ2v) is 10.2. The van der Waals surface area contributed by atoms with Crippen molar-refractivity contribution in [2.24, 2.45) is 0 Å². The summed E-state index contributed by atoms with van der Waals surface area (Å²) in [5, 5.41) is 15.6. The molecule has 1 N–H and O–H groups in total. The first-order valence-electron chi connectivity index (χ1n) is 12.5. The summed E-state index contributed by atoms with van der Waals surface area (Å²) in [7, 11) is 1.63. The van der Waals surface area contributed by atoms with E-state index in [-0.39, 0.29) is 17.4 Å². The van der Waals surface area contributed by atoms with Gasteiger partial charge in [0.25, 0.3) is 5.56 Å². The van der Waals surface area contributed by atoms with Crippen LogP contribution in [0.2, 0.25) is 0 Å². The van der Waals surface area contributed by atoms with E-state index in [1.807, 2.05) is 30.3 Å². The molecule has 2 aromatic carbocycles. The van der Waals surface area contributed by atoms with Gasteiger partial charge >= 0.3 is 0 Å². The van der Waals surface area contributed by atoms with E-state index in [0.717, 1.165) is 35.1 Å². The lowest BCUT2D eigenvalue weighted by atomic mass is 10.1. The number of hydrogen-bond acceptors (Lipinski definition) is 7. The van der Waals surface area contributed by atoms with Crippen LogP contribution in [0.25, 0.3) is 10.9 Å². The number of fused-ring (bicyclic) bond motifs is 1. The maximum Gasteiger partial charge on any atom is 0.252 e. The van der Waals surface area contributed by atoms with Gasteiger partial charge in [-0.1, -0.05) is 31.5 Å². The van der Waals surface area contributed by atoms with Crippen LogP contribution in [-0.2, 0) is 19.6 Å². The van der Waals surface area contributed by atoms with E-state index in [9.17, 15) is 9.18 Å². The molecule has 0 saturated carbocycles. The summed E-state index contributed by atoms with van der Waals surface area (Å²) < 4.78 is 20.6. The van der Waals surface area contributed by atoms with E-state index < -0.39 is 0 Å². The largest absolute Gasteiger partial charge is 0.497 e. The Labute approximate surface area is 223 Å². The van der Waals surface area contributed by atoms with E-state index in [0.29, 0.717) is 31.0 Å². The maximum atomic E-state index is 13.5. The van der Waals surface area contributed by atoms with Crippen LogP contribution in [0.5, 0.6) is 5.75 Å². The molecule has 0 aliphatic rings. The molecule has 0 spiro atoms. The summed E-state index contributed by atoms with van der Waals surface area (Å²) in [6.07, 6.45) is 1.70. The normalized spacial score (nSPS) is 12.3. The van der Waals surface area contributed by atoms with E-state index in [1.165, 1.54) is 17.0 Å². The second kappa shape index (κ2) is 11.7. The van der Waals surface area contributed by atoms with Crippen LogP contribution >= 0.6 is 11.3 Å². The number of rotatable bonds is 11. The Hall–Kier alpha value is -3.89. The molecule has 3 aromatic heterocycles. The number of H-pyrrole nitrogens is 1. The van der Waals surface area contributed by atoms with Crippen LogP contribution in [0.4, 0.5) is 4.39 Å². The molecule has 0 radical (unpaired) electrons. The lowest BCUT2D eigenvalue weighted by molar-refractivity contribution is 0.157. The monoisotopic (exact) mass is 532 g/mol. The van der Waals surface area contributed by atoms with Crippen molar-refractivity contribution >= 4 is 22.2 Å². The number of nitrogens with zero attached hydrogens (tertiary/aromatic N) is 5.